The van der Waals surface area contributed by atoms with Gasteiger partial charge in [-0.1, -0.05) is 43.3 Å². The molecule has 8 rings (SSSR count). The fourth-order valence-electron chi connectivity index (χ4n) is 10.5. The number of aromatic amines is 2. The summed E-state index contributed by atoms with van der Waals surface area (Å²) in [5.74, 6) is 1.44. The number of fused-ring (bicyclic) bond motifs is 2. The summed E-state index contributed by atoms with van der Waals surface area (Å²) in [7, 11) is 3.10. The van der Waals surface area contributed by atoms with E-state index in [9.17, 15) is 19.2 Å². The zero-order chi connectivity index (χ0) is 53.7. The number of carboxylic acid groups (broad SMARTS) is 1. The van der Waals surface area contributed by atoms with E-state index in [1.165, 1.54) is 5.56 Å². The van der Waals surface area contributed by atoms with Gasteiger partial charge in [-0.15, -0.1) is 0 Å². The third-order valence-electron chi connectivity index (χ3n) is 13.8. The number of para-hydroxylation sites is 2. The molecule has 17 heteroatoms. The normalized spacial score (nSPS) is 14.9. The second-order valence-corrected chi connectivity index (χ2v) is 18.9. The summed E-state index contributed by atoms with van der Waals surface area (Å²) in [6.45, 7) is 19.6. The van der Waals surface area contributed by atoms with Crippen molar-refractivity contribution in [2.75, 3.05) is 27.3 Å². The Kier molecular flexibility index (Phi) is 20.6. The Morgan fingerprint density at radius 1 is 0.781 bits per heavy atom. The summed E-state index contributed by atoms with van der Waals surface area (Å²) in [5, 5.41) is 12.8. The second-order valence-electron chi connectivity index (χ2n) is 18.6. The Morgan fingerprint density at radius 2 is 1.23 bits per heavy atom. The van der Waals surface area contributed by atoms with Crippen molar-refractivity contribution < 1.29 is 55.7 Å². The molecule has 0 aliphatic carbocycles. The van der Waals surface area contributed by atoms with Gasteiger partial charge in [0.2, 0.25) is 0 Å². The summed E-state index contributed by atoms with van der Waals surface area (Å²) in [6.07, 6.45) is 5.94. The van der Waals surface area contributed by atoms with Crippen LogP contribution in [0, 0.1) is 46.5 Å². The molecular formula is C56H70N6O10Pt. The van der Waals surface area contributed by atoms with Gasteiger partial charge < -0.3 is 39.0 Å². The van der Waals surface area contributed by atoms with E-state index in [0.29, 0.717) is 58.9 Å². The number of nitrogens with zero attached hydrogens (tertiary/aromatic N) is 3. The first-order valence-corrected chi connectivity index (χ1v) is 26.1. The van der Waals surface area contributed by atoms with E-state index in [1.54, 1.807) is 32.5 Å². The number of methoxy groups -OCH3 is 2. The first kappa shape index (κ1) is 57.1. The molecule has 394 valence electrons. The number of benzene rings is 2. The van der Waals surface area contributed by atoms with Gasteiger partial charge >= 0.3 is 25.3 Å². The summed E-state index contributed by atoms with van der Waals surface area (Å²) < 4.78 is 32.4. The third kappa shape index (κ3) is 13.5. The molecule has 1 aliphatic heterocycles. The number of rotatable bonds is 14. The molecule has 1 fully saturated rings. The maximum atomic E-state index is 13.5. The molecule has 4 atom stereocenters. The van der Waals surface area contributed by atoms with Crippen molar-refractivity contribution in [3.63, 3.8) is 0 Å². The quantitative estimate of drug-likeness (QED) is 0.0747. The number of ketones is 2. The minimum atomic E-state index is -1.92. The van der Waals surface area contributed by atoms with Crippen LogP contribution in [0.25, 0.3) is 21.8 Å². The number of hydrogen-bond acceptors (Lipinski definition) is 11. The molecule has 73 heavy (non-hydrogen) atoms. The number of H-pyrrole nitrogens is 2. The number of aromatic nitrogens is 5. The number of carbonyl (C=O) groups is 3. The zero-order valence-corrected chi connectivity index (χ0v) is 45.8. The van der Waals surface area contributed by atoms with E-state index in [-0.39, 0.29) is 43.0 Å². The van der Waals surface area contributed by atoms with E-state index in [0.717, 1.165) is 82.1 Å². The van der Waals surface area contributed by atoms with Crippen LogP contribution in [0.4, 0.5) is 0 Å². The molecule has 1 saturated heterocycles. The molecule has 1 aliphatic rings. The molecule has 7 aromatic rings. The maximum absolute atomic E-state index is 13.5. The van der Waals surface area contributed by atoms with Crippen molar-refractivity contribution in [2.24, 2.45) is 11.8 Å². The first-order valence-electron chi connectivity index (χ1n) is 24.2. The van der Waals surface area contributed by atoms with Gasteiger partial charge in [0.15, 0.2) is 11.6 Å². The second kappa shape index (κ2) is 26.3. The Hall–Kier alpha value is -6.77. The number of carbonyl (C=O) groups excluding carboxylic acids is 2. The predicted octanol–water partition coefficient (Wildman–Crippen LogP) is 9.76. The average Bonchev–Trinajstić information content (AvgIpc) is 3.82. The van der Waals surface area contributed by atoms with Gasteiger partial charge in [0.05, 0.1) is 31.4 Å². The van der Waals surface area contributed by atoms with Gasteiger partial charge in [0.25, 0.3) is 17.1 Å². The average molecular weight is 1180 g/mol. The number of hydrogen-bond donors (Lipinski definition) is 4. The number of Topliss-reactive ketones (excluding diaryl/α,β-unsaturated/α-hetero) is 2. The third-order valence-corrected chi connectivity index (χ3v) is 13.8. The van der Waals surface area contributed by atoms with Crippen LogP contribution in [0.1, 0.15) is 126 Å². The SMILES string of the molecule is CC(=O)O.COc1cc(C)[nH]c(=O)c1CCC(=O)c1c(C)n(C(C)C2CCNCC2C)c2ccccc12.COc1cc(C)[nH]c(=O)c1CCC(=O)c1c(C)n(C(C)c2ccncc2C)c2ccccc12.[HH].[O]=[Pt]=[O]. The van der Waals surface area contributed by atoms with Gasteiger partial charge in [0.1, 0.15) is 11.5 Å². The van der Waals surface area contributed by atoms with Crippen molar-refractivity contribution in [1.29, 1.82) is 0 Å². The number of aryl methyl sites for hydroxylation is 3. The first-order chi connectivity index (χ1) is 34.8. The number of ether oxygens (including phenoxy) is 2. The van der Waals surface area contributed by atoms with Crippen LogP contribution < -0.4 is 25.9 Å². The molecule has 0 spiro atoms. The summed E-state index contributed by atoms with van der Waals surface area (Å²) in [5.41, 5.74) is 9.95. The van der Waals surface area contributed by atoms with Gasteiger partial charge in [-0.3, -0.25) is 29.0 Å². The van der Waals surface area contributed by atoms with Crippen LogP contribution in [0.5, 0.6) is 11.5 Å². The van der Waals surface area contributed by atoms with Gasteiger partial charge in [-0.05, 0) is 134 Å². The Morgan fingerprint density at radius 3 is 1.68 bits per heavy atom. The molecule has 5 aromatic heterocycles. The van der Waals surface area contributed by atoms with Crippen LogP contribution in [0.2, 0.25) is 0 Å². The van der Waals surface area contributed by atoms with Crippen LogP contribution in [-0.2, 0) is 42.9 Å². The van der Waals surface area contributed by atoms with Crippen molar-refractivity contribution in [3.05, 3.63) is 156 Å². The van der Waals surface area contributed by atoms with Crippen molar-refractivity contribution in [2.45, 2.75) is 107 Å². The summed E-state index contributed by atoms with van der Waals surface area (Å²) in [4.78, 5) is 70.8. The number of nitrogens with one attached hydrogen (secondary N) is 3. The number of aliphatic carboxylic acids is 1. The molecule has 0 amide bonds. The molecule has 6 heterocycles. The van der Waals surface area contributed by atoms with Crippen molar-refractivity contribution in [1.82, 2.24) is 29.4 Å². The molecule has 4 unspecified atom stereocenters. The molecule has 0 bridgehead atoms. The van der Waals surface area contributed by atoms with Crippen molar-refractivity contribution in [3.8, 4) is 11.5 Å². The Bertz CT molecular complexity index is 3260. The Balaban J connectivity index is 0.000000281. The summed E-state index contributed by atoms with van der Waals surface area (Å²) >= 11 is -1.92. The van der Waals surface area contributed by atoms with E-state index < -0.39 is 24.5 Å². The van der Waals surface area contributed by atoms with Gasteiger partial charge in [0, 0.05) is 95.3 Å². The fourth-order valence-corrected chi connectivity index (χ4v) is 10.5. The topological polar surface area (TPSA) is 225 Å². The van der Waals surface area contributed by atoms with Crippen LogP contribution in [0.3, 0.4) is 0 Å². The number of piperidine rings is 1. The predicted molar refractivity (Wildman–Crippen MR) is 280 cm³/mol. The Labute approximate surface area is 435 Å². The van der Waals surface area contributed by atoms with Crippen LogP contribution >= 0.6 is 0 Å². The molecule has 0 saturated carbocycles. The molecule has 0 radical (unpaired) electrons. The van der Waals surface area contributed by atoms with E-state index in [2.05, 4.69) is 76.2 Å². The van der Waals surface area contributed by atoms with Crippen molar-refractivity contribution >= 4 is 39.3 Å². The molecule has 4 N–H and O–H groups in total. The molecular weight excluding hydrogens is 1110 g/mol. The zero-order valence-electron chi connectivity index (χ0n) is 43.5. The molecule has 16 nitrogen and oxygen atoms in total. The fraction of sp³-hybridized carbons (Fsp3) is 0.393. The summed E-state index contributed by atoms with van der Waals surface area (Å²) in [6, 6.07) is 22.2. The number of pyridine rings is 3. The van der Waals surface area contributed by atoms with Gasteiger partial charge in [-0.25, -0.2) is 0 Å². The van der Waals surface area contributed by atoms with Crippen LogP contribution in [0.15, 0.2) is 88.7 Å². The standard InChI is InChI=1S/C27H35N3O3.C27H29N3O3.C2H4O2.2O.Pt.H2/c2*1-16-15-28-13-12-20(16)18(3)30-19(4)26(21-8-6-7-9-23(21)30)24(31)11-10-22-25(33-5)14-17(2)29-27(22)32;1-2(3)4;;;;/h6-9,14,16,18,20,28H,10-13,15H2,1-5H3,(H,29,32);6-9,12-15,18H,10-11H2,1-5H3,(H,29,32);1H3,(H,3,4);;;;1H. The van der Waals surface area contributed by atoms with Gasteiger partial charge in [-0.2, -0.15) is 0 Å². The molecule has 2 aromatic carbocycles. The minimum absolute atomic E-state index is 0. The van der Waals surface area contributed by atoms with E-state index in [4.69, 9.17) is 26.2 Å². The van der Waals surface area contributed by atoms with Crippen LogP contribution in [-0.4, -0.2) is 74.0 Å². The van der Waals surface area contributed by atoms with E-state index in [1.807, 2.05) is 69.4 Å². The van der Waals surface area contributed by atoms with E-state index >= 15 is 0 Å². The monoisotopic (exact) mass is 1180 g/mol. The number of carboxylic acids is 1.